The minimum atomic E-state index is -3.95. The first-order chi connectivity index (χ1) is 9.44. The van der Waals surface area contributed by atoms with Crippen molar-refractivity contribution in [3.8, 4) is 0 Å². The number of anilines is 2. The Labute approximate surface area is 123 Å². The van der Waals surface area contributed by atoms with Gasteiger partial charge in [-0.25, -0.2) is 12.8 Å². The number of rotatable bonds is 4. The number of nitrogen functional groups attached to an aromatic ring is 1. The Morgan fingerprint density at radius 2 is 2.00 bits per heavy atom. The van der Waals surface area contributed by atoms with Gasteiger partial charge in [0.05, 0.1) is 11.4 Å². The summed E-state index contributed by atoms with van der Waals surface area (Å²) in [6, 6.07) is 5.08. The van der Waals surface area contributed by atoms with E-state index in [1.165, 1.54) is 24.4 Å². The van der Waals surface area contributed by atoms with E-state index in [1.807, 2.05) is 0 Å². The number of pyridine rings is 1. The van der Waals surface area contributed by atoms with Crippen molar-refractivity contribution in [2.45, 2.75) is 4.90 Å². The number of hydrazine groups is 1. The Balaban J connectivity index is 2.43. The first-order valence-electron chi connectivity index (χ1n) is 5.32. The van der Waals surface area contributed by atoms with Crippen molar-refractivity contribution in [3.63, 3.8) is 0 Å². The van der Waals surface area contributed by atoms with Gasteiger partial charge in [0.2, 0.25) is 0 Å². The number of halogens is 2. The van der Waals surface area contributed by atoms with Gasteiger partial charge < -0.3 is 5.43 Å². The second-order valence-electron chi connectivity index (χ2n) is 3.75. The van der Waals surface area contributed by atoms with Crippen LogP contribution in [0.15, 0.2) is 46.0 Å². The topological polar surface area (TPSA) is 97.1 Å². The van der Waals surface area contributed by atoms with Crippen molar-refractivity contribution in [2.75, 3.05) is 10.1 Å². The van der Waals surface area contributed by atoms with Crippen LogP contribution in [0.25, 0.3) is 0 Å². The monoisotopic (exact) mass is 360 g/mol. The molecule has 6 nitrogen and oxygen atoms in total. The highest BCUT2D eigenvalue weighted by Crippen LogP contribution is 2.27. The fourth-order valence-corrected chi connectivity index (χ4v) is 3.15. The van der Waals surface area contributed by atoms with Gasteiger partial charge in [0.25, 0.3) is 10.0 Å². The highest BCUT2D eigenvalue weighted by molar-refractivity contribution is 9.10. The second-order valence-corrected chi connectivity index (χ2v) is 6.25. The molecule has 0 bridgehead atoms. The fourth-order valence-electron chi connectivity index (χ4n) is 1.49. The molecule has 0 fully saturated rings. The highest BCUT2D eigenvalue weighted by Gasteiger charge is 2.20. The molecule has 0 unspecified atom stereocenters. The Morgan fingerprint density at radius 3 is 2.70 bits per heavy atom. The summed E-state index contributed by atoms with van der Waals surface area (Å²) in [6.07, 6.45) is 2.54. The molecule has 0 amide bonds. The van der Waals surface area contributed by atoms with Gasteiger partial charge >= 0.3 is 0 Å². The normalized spacial score (nSPS) is 11.2. The van der Waals surface area contributed by atoms with Crippen LogP contribution in [-0.4, -0.2) is 13.4 Å². The third-order valence-corrected chi connectivity index (χ3v) is 4.49. The predicted octanol–water partition coefficient (Wildman–Crippen LogP) is 2.07. The van der Waals surface area contributed by atoms with Gasteiger partial charge in [0, 0.05) is 16.9 Å². The lowest BCUT2D eigenvalue weighted by molar-refractivity contribution is 0.601. The fraction of sp³-hybridized carbons (Fsp3) is 0. The summed E-state index contributed by atoms with van der Waals surface area (Å²) >= 11 is 3.14. The zero-order valence-electron chi connectivity index (χ0n) is 9.97. The average Bonchev–Trinajstić information content (AvgIpc) is 2.42. The van der Waals surface area contributed by atoms with E-state index < -0.39 is 15.8 Å². The van der Waals surface area contributed by atoms with Gasteiger partial charge in [-0.1, -0.05) is 0 Å². The van der Waals surface area contributed by atoms with E-state index in [0.29, 0.717) is 4.47 Å². The quantitative estimate of drug-likeness (QED) is 0.572. The first-order valence-corrected chi connectivity index (χ1v) is 7.60. The number of nitrogens with zero attached hydrogens (tertiary/aromatic N) is 1. The summed E-state index contributed by atoms with van der Waals surface area (Å²) in [5.74, 6) is 4.69. The van der Waals surface area contributed by atoms with E-state index in [4.69, 9.17) is 5.84 Å². The SMILES string of the molecule is NNc1ccncc1S(=O)(=O)Nc1cc(F)ccc1Br. The maximum absolute atomic E-state index is 13.2. The highest BCUT2D eigenvalue weighted by atomic mass is 79.9. The number of hydrogen-bond acceptors (Lipinski definition) is 5. The molecule has 0 aliphatic rings. The van der Waals surface area contributed by atoms with Crippen LogP contribution in [0.1, 0.15) is 0 Å². The molecule has 0 saturated carbocycles. The molecular formula is C11H10BrFN4O2S. The lowest BCUT2D eigenvalue weighted by Crippen LogP contribution is -2.18. The van der Waals surface area contributed by atoms with Gasteiger partial charge in [-0.2, -0.15) is 0 Å². The summed E-state index contributed by atoms with van der Waals surface area (Å²) in [4.78, 5) is 3.60. The zero-order valence-corrected chi connectivity index (χ0v) is 12.4. The molecule has 0 spiro atoms. The van der Waals surface area contributed by atoms with Crippen molar-refractivity contribution < 1.29 is 12.8 Å². The van der Waals surface area contributed by atoms with Crippen LogP contribution < -0.4 is 16.0 Å². The standard InChI is InChI=1S/C11H10BrFN4O2S/c12-8-2-1-7(13)5-10(8)17-20(18,19)11-6-15-4-3-9(11)16-14/h1-6,17H,14H2,(H,15,16). The van der Waals surface area contributed by atoms with Crippen molar-refractivity contribution in [1.82, 2.24) is 4.98 Å². The zero-order chi connectivity index (χ0) is 14.8. The number of nitrogens with one attached hydrogen (secondary N) is 2. The molecule has 1 heterocycles. The van der Waals surface area contributed by atoms with Crippen LogP contribution >= 0.6 is 15.9 Å². The molecule has 1 aromatic heterocycles. The first kappa shape index (κ1) is 14.7. The van der Waals surface area contributed by atoms with E-state index >= 15 is 0 Å². The second kappa shape index (κ2) is 5.73. The van der Waals surface area contributed by atoms with Crippen molar-refractivity contribution in [2.24, 2.45) is 5.84 Å². The van der Waals surface area contributed by atoms with Gasteiger partial charge in [0.1, 0.15) is 10.7 Å². The molecule has 1 aromatic carbocycles. The molecule has 2 rings (SSSR count). The molecule has 0 aliphatic heterocycles. The lowest BCUT2D eigenvalue weighted by atomic mass is 10.3. The minimum absolute atomic E-state index is 0.0804. The number of benzene rings is 1. The molecule has 4 N–H and O–H groups in total. The molecule has 106 valence electrons. The van der Waals surface area contributed by atoms with E-state index in [0.717, 1.165) is 12.3 Å². The van der Waals surface area contributed by atoms with E-state index in [-0.39, 0.29) is 16.3 Å². The van der Waals surface area contributed by atoms with Crippen molar-refractivity contribution in [3.05, 3.63) is 46.9 Å². The van der Waals surface area contributed by atoms with E-state index in [9.17, 15) is 12.8 Å². The van der Waals surface area contributed by atoms with Crippen LogP contribution in [0.5, 0.6) is 0 Å². The Bertz CT molecular complexity index is 739. The van der Waals surface area contributed by atoms with Gasteiger partial charge in [-0.05, 0) is 40.2 Å². The van der Waals surface area contributed by atoms with Crippen molar-refractivity contribution in [1.29, 1.82) is 0 Å². The Morgan fingerprint density at radius 1 is 1.25 bits per heavy atom. The summed E-state index contributed by atoms with van der Waals surface area (Å²) in [5, 5.41) is 0. The van der Waals surface area contributed by atoms with Gasteiger partial charge in [0.15, 0.2) is 0 Å². The van der Waals surface area contributed by atoms with Crippen LogP contribution in [0.3, 0.4) is 0 Å². The molecule has 0 saturated heterocycles. The molecule has 0 atom stereocenters. The van der Waals surface area contributed by atoms with Crippen LogP contribution in [-0.2, 0) is 10.0 Å². The van der Waals surface area contributed by atoms with Gasteiger partial charge in [-0.3, -0.25) is 15.5 Å². The molecular weight excluding hydrogens is 351 g/mol. The molecule has 2 aromatic rings. The Hall–Kier alpha value is -1.71. The third kappa shape index (κ3) is 3.06. The smallest absolute Gasteiger partial charge is 0.265 e. The largest absolute Gasteiger partial charge is 0.323 e. The number of hydrogen-bond donors (Lipinski definition) is 3. The number of aromatic nitrogens is 1. The van der Waals surface area contributed by atoms with Crippen LogP contribution in [0.4, 0.5) is 15.8 Å². The van der Waals surface area contributed by atoms with E-state index in [2.05, 4.69) is 31.1 Å². The number of nitrogens with two attached hydrogens (primary N) is 1. The predicted molar refractivity (Wildman–Crippen MR) is 77.0 cm³/mol. The third-order valence-electron chi connectivity index (χ3n) is 2.40. The number of sulfonamides is 1. The minimum Gasteiger partial charge on any atom is -0.323 e. The maximum atomic E-state index is 13.2. The average molecular weight is 361 g/mol. The summed E-state index contributed by atoms with van der Waals surface area (Å²) in [5.41, 5.74) is 2.53. The molecule has 0 aliphatic carbocycles. The Kier molecular flexibility index (Phi) is 4.21. The lowest BCUT2D eigenvalue weighted by Gasteiger charge is -2.12. The molecule has 9 heteroatoms. The summed E-state index contributed by atoms with van der Waals surface area (Å²) < 4.78 is 40.4. The van der Waals surface area contributed by atoms with Crippen molar-refractivity contribution >= 4 is 37.3 Å². The van der Waals surface area contributed by atoms with Crippen LogP contribution in [0, 0.1) is 5.82 Å². The van der Waals surface area contributed by atoms with Gasteiger partial charge in [-0.15, -0.1) is 0 Å². The molecule has 20 heavy (non-hydrogen) atoms. The summed E-state index contributed by atoms with van der Waals surface area (Å²) in [6.45, 7) is 0. The maximum Gasteiger partial charge on any atom is 0.265 e. The van der Waals surface area contributed by atoms with Crippen LogP contribution in [0.2, 0.25) is 0 Å². The molecule has 0 radical (unpaired) electrons. The van der Waals surface area contributed by atoms with E-state index in [1.54, 1.807) is 0 Å². The summed E-state index contributed by atoms with van der Waals surface area (Å²) in [7, 11) is -3.95.